The smallest absolute Gasteiger partial charge is 0 e. The van der Waals surface area contributed by atoms with E-state index >= 15 is 0 Å². The van der Waals surface area contributed by atoms with E-state index in [2.05, 4.69) is 11.8 Å². The molecule has 0 bridgehead atoms. The van der Waals surface area contributed by atoms with Gasteiger partial charge < -0.3 is 0 Å². The molecule has 1 rings (SSSR count). The van der Waals surface area contributed by atoms with Crippen LogP contribution in [0.1, 0.15) is 0 Å². The van der Waals surface area contributed by atoms with Gasteiger partial charge in [0.1, 0.15) is 0 Å². The Bertz CT molecular complexity index is 45.4. The first kappa shape index (κ1) is 9.62. The van der Waals surface area contributed by atoms with Gasteiger partial charge in [0.2, 0.25) is 0 Å². The van der Waals surface area contributed by atoms with Gasteiger partial charge >= 0.3 is 59.0 Å². The Morgan fingerprint density at radius 2 is 2.14 bits per heavy atom. The summed E-state index contributed by atoms with van der Waals surface area (Å²) in [6.07, 6.45) is 0. The molecule has 37 valence electrons. The molecule has 0 nitrogen and oxygen atoms in total. The molecule has 1 heterocycles. The van der Waals surface area contributed by atoms with E-state index in [1.165, 1.54) is 11.5 Å². The predicted octanol–water partition coefficient (Wildman–Crippen LogP) is 0.916. The molecule has 0 aromatic carbocycles. The molecule has 0 saturated carbocycles. The van der Waals surface area contributed by atoms with Gasteiger partial charge in [0, 0.05) is 32.7 Å². The van der Waals surface area contributed by atoms with Crippen molar-refractivity contribution in [3.05, 3.63) is 0 Å². The van der Waals surface area contributed by atoms with E-state index in [1.54, 1.807) is 0 Å². The molecule has 1 aliphatic rings. The molecule has 1 aliphatic heterocycles. The van der Waals surface area contributed by atoms with Crippen molar-refractivity contribution in [3.8, 4) is 0 Å². The second-order valence-corrected chi connectivity index (χ2v) is 5.02. The fraction of sp³-hybridized carbons (Fsp3) is 1.00. The van der Waals surface area contributed by atoms with E-state index in [0.717, 1.165) is 5.25 Å². The molecule has 3 radical (unpaired) electrons. The summed E-state index contributed by atoms with van der Waals surface area (Å²) in [6, 6.07) is 0. The Hall–Kier alpha value is 2.62. The Kier molecular flexibility index (Phi) is 7.44. The van der Waals surface area contributed by atoms with Crippen LogP contribution in [0.2, 0.25) is 0 Å². The SMILES string of the molecule is [Sb][S]C1CSC1.[Y]. The fourth-order valence-electron chi connectivity index (χ4n) is 0.275. The zero-order valence-electron chi connectivity index (χ0n) is 3.83. The van der Waals surface area contributed by atoms with Crippen LogP contribution < -0.4 is 0 Å². The third-order valence-corrected chi connectivity index (χ3v) is 5.64. The van der Waals surface area contributed by atoms with Crippen LogP contribution in [0.25, 0.3) is 0 Å². The van der Waals surface area contributed by atoms with Crippen LogP contribution in [-0.2, 0) is 32.7 Å². The molecular weight excluding hydrogens is 311 g/mol. The number of hydrogen-bond donors (Lipinski definition) is 0. The average Bonchev–Trinajstić information content (AvgIpc) is 1.31. The van der Waals surface area contributed by atoms with Crippen molar-refractivity contribution in [2.75, 3.05) is 11.5 Å². The largest absolute Gasteiger partial charge is 0 e. The van der Waals surface area contributed by atoms with Crippen molar-refractivity contribution in [2.24, 2.45) is 0 Å². The minimum absolute atomic E-state index is 0. The third-order valence-electron chi connectivity index (χ3n) is 0.757. The molecule has 0 spiro atoms. The fourth-order valence-corrected chi connectivity index (χ4v) is 4.89. The van der Waals surface area contributed by atoms with Gasteiger partial charge in [-0.05, 0) is 0 Å². The van der Waals surface area contributed by atoms with Gasteiger partial charge in [-0.25, -0.2) is 0 Å². The molecule has 0 N–H and O–H groups in total. The van der Waals surface area contributed by atoms with E-state index in [9.17, 15) is 0 Å². The zero-order chi connectivity index (χ0) is 4.41. The second kappa shape index (κ2) is 5.41. The minimum Gasteiger partial charge on any atom is 0 e. The summed E-state index contributed by atoms with van der Waals surface area (Å²) < 4.78 is 0. The number of thioether (sulfide) groups is 1. The maximum Gasteiger partial charge on any atom is 0 e. The summed E-state index contributed by atoms with van der Waals surface area (Å²) in [4.78, 5) is 0. The van der Waals surface area contributed by atoms with E-state index in [-0.39, 0.29) is 32.7 Å². The molecule has 1 fully saturated rings. The maximum atomic E-state index is 2.06. The van der Waals surface area contributed by atoms with E-state index in [0.29, 0.717) is 0 Å². The van der Waals surface area contributed by atoms with Gasteiger partial charge in [-0.15, -0.1) is 0 Å². The van der Waals surface area contributed by atoms with E-state index in [4.69, 9.17) is 0 Å². The summed E-state index contributed by atoms with van der Waals surface area (Å²) >= 11 is 3.94. The van der Waals surface area contributed by atoms with Crippen molar-refractivity contribution >= 4 is 42.2 Å². The first-order valence-electron chi connectivity index (χ1n) is 1.81. The molecule has 0 aromatic heterocycles. The van der Waals surface area contributed by atoms with Gasteiger partial charge in [0.05, 0.1) is 0 Å². The van der Waals surface area contributed by atoms with Crippen LogP contribution in [0, 0.1) is 0 Å². The number of rotatable bonds is 1. The predicted molar refractivity (Wildman–Crippen MR) is 34.5 cm³/mol. The summed E-state index contributed by atoms with van der Waals surface area (Å²) in [7, 11) is 2.04. The second-order valence-electron chi connectivity index (χ2n) is 1.26. The summed E-state index contributed by atoms with van der Waals surface area (Å²) in [5.41, 5.74) is 0. The molecule has 0 unspecified atom stereocenters. The Labute approximate surface area is 90.1 Å². The molecule has 0 atom stereocenters. The zero-order valence-corrected chi connectivity index (χ0v) is 10.9. The molecule has 4 heteroatoms. The normalized spacial score (nSPS) is 20.1. The first-order chi connectivity index (χ1) is 2.93. The Morgan fingerprint density at radius 3 is 2.14 bits per heavy atom. The topological polar surface area (TPSA) is 0 Å². The molecule has 0 amide bonds. The van der Waals surface area contributed by atoms with Crippen molar-refractivity contribution < 1.29 is 32.7 Å². The Balaban J connectivity index is 0.000000360. The molecule has 0 aliphatic carbocycles. The van der Waals surface area contributed by atoms with Crippen molar-refractivity contribution in [1.82, 2.24) is 0 Å². The Morgan fingerprint density at radius 1 is 1.57 bits per heavy atom. The molecule has 0 aromatic rings. The van der Waals surface area contributed by atoms with Crippen LogP contribution in [-0.4, -0.2) is 38.4 Å². The van der Waals surface area contributed by atoms with E-state index < -0.39 is 0 Å². The minimum atomic E-state index is 0. The molecule has 1 saturated heterocycles. The molecule has 7 heavy (non-hydrogen) atoms. The van der Waals surface area contributed by atoms with Gasteiger partial charge in [-0.3, -0.25) is 0 Å². The quantitative estimate of drug-likeness (QED) is 0.660. The monoisotopic (exact) mass is 315 g/mol. The van der Waals surface area contributed by atoms with Gasteiger partial charge in [-0.2, -0.15) is 0 Å². The first-order valence-corrected chi connectivity index (χ1v) is 6.93. The van der Waals surface area contributed by atoms with E-state index in [1.807, 2.05) is 30.5 Å². The summed E-state index contributed by atoms with van der Waals surface area (Å²) in [5, 5.41) is 1.02. The van der Waals surface area contributed by atoms with Crippen LogP contribution >= 0.6 is 20.6 Å². The molecular formula is C3H5S2SbY. The van der Waals surface area contributed by atoms with Gasteiger partial charge in [-0.1, -0.05) is 0 Å². The van der Waals surface area contributed by atoms with Crippen LogP contribution in [0.4, 0.5) is 0 Å². The maximum absolute atomic E-state index is 2.06. The number of hydrogen-bond acceptors (Lipinski definition) is 2. The van der Waals surface area contributed by atoms with Crippen molar-refractivity contribution in [1.29, 1.82) is 0 Å². The summed E-state index contributed by atoms with van der Waals surface area (Å²) in [6.45, 7) is 0. The van der Waals surface area contributed by atoms with Crippen LogP contribution in [0.5, 0.6) is 0 Å². The van der Waals surface area contributed by atoms with Crippen LogP contribution in [0.3, 0.4) is 0 Å². The average molecular weight is 316 g/mol. The summed E-state index contributed by atoms with van der Waals surface area (Å²) in [5.74, 6) is 2.81. The van der Waals surface area contributed by atoms with Crippen molar-refractivity contribution in [2.45, 2.75) is 5.25 Å². The standard InChI is InChI=1S/C3H6S2.Sb.Y/c4-3-1-5-2-3;;/h3-4H,1-2H2;;/q;+1;/p-1. The van der Waals surface area contributed by atoms with Gasteiger partial charge in [0.25, 0.3) is 0 Å². The third kappa shape index (κ3) is 3.35. The van der Waals surface area contributed by atoms with Crippen molar-refractivity contribution in [3.63, 3.8) is 0 Å². The van der Waals surface area contributed by atoms with Crippen LogP contribution in [0.15, 0.2) is 0 Å². The van der Waals surface area contributed by atoms with Gasteiger partial charge in [0.15, 0.2) is 0 Å².